The van der Waals surface area contributed by atoms with E-state index in [1.807, 2.05) is 36.4 Å². The van der Waals surface area contributed by atoms with Crippen LogP contribution in [0.5, 0.6) is 0 Å². The van der Waals surface area contributed by atoms with Crippen molar-refractivity contribution >= 4 is 21.6 Å². The summed E-state index contributed by atoms with van der Waals surface area (Å²) >= 11 is 0. The summed E-state index contributed by atoms with van der Waals surface area (Å²) in [6.07, 6.45) is 1.08. The lowest BCUT2D eigenvalue weighted by atomic mass is 10.1. The minimum atomic E-state index is -3.41. The maximum absolute atomic E-state index is 12.6. The maximum Gasteiger partial charge on any atom is 0.240 e. The topological polar surface area (TPSA) is 154 Å². The molecule has 3 rings (SSSR count). The molecule has 34 heavy (non-hydrogen) atoms. The summed E-state index contributed by atoms with van der Waals surface area (Å²) in [7, 11) is -3.41. The standard InChI is InChI=1S/C22H29N7O4S/c1-22(2,23)21(30)24-19(15-33-14-16-8-5-4-6-9-16)20-25-27-28-29(20)13-17-10-7-11-18(12-17)26-34(3,31)32/h4-12,19,26H,13-15,23H2,1-3H3,(H,24,30). The Hall–Kier alpha value is -3.35. The number of sulfonamides is 1. The highest BCUT2D eigenvalue weighted by Crippen LogP contribution is 2.17. The number of amides is 1. The lowest BCUT2D eigenvalue weighted by molar-refractivity contribution is -0.126. The number of nitrogens with one attached hydrogen (secondary N) is 2. The van der Waals surface area contributed by atoms with E-state index in [4.69, 9.17) is 10.5 Å². The van der Waals surface area contributed by atoms with Crippen molar-refractivity contribution in [3.8, 4) is 0 Å². The van der Waals surface area contributed by atoms with Gasteiger partial charge in [-0.05, 0) is 47.5 Å². The maximum atomic E-state index is 12.6. The van der Waals surface area contributed by atoms with Crippen LogP contribution >= 0.6 is 0 Å². The first-order valence-electron chi connectivity index (χ1n) is 10.6. The Morgan fingerprint density at radius 2 is 1.85 bits per heavy atom. The van der Waals surface area contributed by atoms with Crippen molar-refractivity contribution in [3.63, 3.8) is 0 Å². The number of aromatic nitrogens is 4. The Bertz CT molecular complexity index is 1210. The van der Waals surface area contributed by atoms with E-state index in [1.54, 1.807) is 32.0 Å². The van der Waals surface area contributed by atoms with Gasteiger partial charge < -0.3 is 15.8 Å². The summed E-state index contributed by atoms with van der Waals surface area (Å²) in [6.45, 7) is 3.92. The SMILES string of the molecule is CC(C)(N)C(=O)NC(COCc1ccccc1)c1nnnn1Cc1cccc(NS(C)(=O)=O)c1. The van der Waals surface area contributed by atoms with Crippen LogP contribution in [0.2, 0.25) is 0 Å². The second-order valence-corrected chi connectivity index (χ2v) is 10.3. The van der Waals surface area contributed by atoms with Gasteiger partial charge in [-0.2, -0.15) is 0 Å². The smallest absolute Gasteiger partial charge is 0.240 e. The van der Waals surface area contributed by atoms with E-state index >= 15 is 0 Å². The summed E-state index contributed by atoms with van der Waals surface area (Å²) in [4.78, 5) is 12.6. The van der Waals surface area contributed by atoms with Crippen molar-refractivity contribution in [2.45, 2.75) is 38.6 Å². The number of nitrogens with two attached hydrogens (primary N) is 1. The van der Waals surface area contributed by atoms with Crippen LogP contribution in [-0.2, 0) is 32.7 Å². The number of tetrazole rings is 1. The molecular formula is C22H29N7O4S. The van der Waals surface area contributed by atoms with Crippen LogP contribution in [0.1, 0.15) is 36.8 Å². The number of hydrogen-bond donors (Lipinski definition) is 3. The summed E-state index contributed by atoms with van der Waals surface area (Å²) < 4.78 is 32.9. The highest BCUT2D eigenvalue weighted by molar-refractivity contribution is 7.92. The number of rotatable bonds is 11. The molecule has 182 valence electrons. The summed E-state index contributed by atoms with van der Waals surface area (Å²) in [5.74, 6) is 0.00171. The fourth-order valence-corrected chi connectivity index (χ4v) is 3.64. The molecule has 0 saturated carbocycles. The van der Waals surface area contributed by atoms with Crippen LogP contribution in [0.25, 0.3) is 0 Å². The van der Waals surface area contributed by atoms with E-state index in [0.29, 0.717) is 18.1 Å². The van der Waals surface area contributed by atoms with Crippen LogP contribution in [0.3, 0.4) is 0 Å². The largest absolute Gasteiger partial charge is 0.374 e. The number of carbonyl (C=O) groups excluding carboxylic acids is 1. The molecule has 1 heterocycles. The molecule has 1 aromatic heterocycles. The number of ether oxygens (including phenoxy) is 1. The Kier molecular flexibility index (Phi) is 7.97. The zero-order chi connectivity index (χ0) is 24.8. The first kappa shape index (κ1) is 25.3. The molecule has 12 heteroatoms. The van der Waals surface area contributed by atoms with Gasteiger partial charge in [0.1, 0.15) is 6.04 Å². The molecule has 3 aromatic rings. The van der Waals surface area contributed by atoms with Gasteiger partial charge in [-0.15, -0.1) is 5.10 Å². The van der Waals surface area contributed by atoms with Gasteiger partial charge in [-0.1, -0.05) is 42.5 Å². The van der Waals surface area contributed by atoms with Crippen LogP contribution in [0, 0.1) is 0 Å². The van der Waals surface area contributed by atoms with Crippen molar-refractivity contribution in [2.75, 3.05) is 17.6 Å². The second-order valence-electron chi connectivity index (χ2n) is 8.52. The number of anilines is 1. The van der Waals surface area contributed by atoms with E-state index in [-0.39, 0.29) is 19.1 Å². The van der Waals surface area contributed by atoms with Crippen molar-refractivity contribution in [3.05, 3.63) is 71.5 Å². The molecule has 1 amide bonds. The number of hydrogen-bond acceptors (Lipinski definition) is 8. The van der Waals surface area contributed by atoms with Crippen molar-refractivity contribution in [1.29, 1.82) is 0 Å². The normalized spacial score (nSPS) is 12.8. The van der Waals surface area contributed by atoms with Gasteiger partial charge in [0.05, 0.1) is 31.6 Å². The molecule has 0 saturated heterocycles. The molecule has 2 aromatic carbocycles. The third-order valence-corrected chi connectivity index (χ3v) is 5.33. The minimum absolute atomic E-state index is 0.118. The van der Waals surface area contributed by atoms with Gasteiger partial charge >= 0.3 is 0 Å². The minimum Gasteiger partial charge on any atom is -0.374 e. The quantitative estimate of drug-likeness (QED) is 0.365. The lowest BCUT2D eigenvalue weighted by Gasteiger charge is -2.24. The monoisotopic (exact) mass is 487 g/mol. The van der Waals surface area contributed by atoms with Gasteiger partial charge in [0.2, 0.25) is 15.9 Å². The van der Waals surface area contributed by atoms with Crippen LogP contribution in [-0.4, -0.2) is 52.9 Å². The molecule has 0 fully saturated rings. The zero-order valence-electron chi connectivity index (χ0n) is 19.3. The third kappa shape index (κ3) is 7.61. The zero-order valence-corrected chi connectivity index (χ0v) is 20.1. The van der Waals surface area contributed by atoms with Gasteiger partial charge in [-0.3, -0.25) is 9.52 Å². The van der Waals surface area contributed by atoms with Gasteiger partial charge in [0, 0.05) is 5.69 Å². The predicted octanol–water partition coefficient (Wildman–Crippen LogP) is 1.20. The molecule has 0 aliphatic carbocycles. The van der Waals surface area contributed by atoms with Gasteiger partial charge in [0.15, 0.2) is 5.82 Å². The third-order valence-electron chi connectivity index (χ3n) is 4.72. The average Bonchev–Trinajstić information content (AvgIpc) is 3.20. The summed E-state index contributed by atoms with van der Waals surface area (Å²) in [5, 5.41) is 14.8. The fourth-order valence-electron chi connectivity index (χ4n) is 3.09. The Balaban J connectivity index is 1.79. The van der Waals surface area contributed by atoms with E-state index < -0.39 is 21.6 Å². The number of nitrogens with zero attached hydrogens (tertiary/aromatic N) is 4. The van der Waals surface area contributed by atoms with Crippen LogP contribution in [0.15, 0.2) is 54.6 Å². The summed E-state index contributed by atoms with van der Waals surface area (Å²) in [6, 6.07) is 15.9. The Labute approximate surface area is 198 Å². The van der Waals surface area contributed by atoms with Crippen molar-refractivity contribution in [2.24, 2.45) is 5.73 Å². The van der Waals surface area contributed by atoms with Crippen molar-refractivity contribution < 1.29 is 17.9 Å². The van der Waals surface area contributed by atoms with E-state index in [0.717, 1.165) is 17.4 Å². The molecule has 1 atom stereocenters. The molecular weight excluding hydrogens is 458 g/mol. The van der Waals surface area contributed by atoms with Crippen molar-refractivity contribution in [1.82, 2.24) is 25.5 Å². The molecule has 0 spiro atoms. The highest BCUT2D eigenvalue weighted by atomic mass is 32.2. The Morgan fingerprint density at radius 1 is 1.15 bits per heavy atom. The molecule has 0 bridgehead atoms. The van der Waals surface area contributed by atoms with E-state index in [9.17, 15) is 13.2 Å². The number of benzene rings is 2. The van der Waals surface area contributed by atoms with Crippen LogP contribution in [0.4, 0.5) is 5.69 Å². The molecule has 0 radical (unpaired) electrons. The highest BCUT2D eigenvalue weighted by Gasteiger charge is 2.28. The second kappa shape index (κ2) is 10.7. The first-order chi connectivity index (χ1) is 16.0. The van der Waals surface area contributed by atoms with Gasteiger partial charge in [-0.25, -0.2) is 13.1 Å². The molecule has 0 aliphatic rings. The molecule has 0 aliphatic heterocycles. The fraction of sp³-hybridized carbons (Fsp3) is 0.364. The Morgan fingerprint density at radius 3 is 2.53 bits per heavy atom. The van der Waals surface area contributed by atoms with Gasteiger partial charge in [0.25, 0.3) is 0 Å². The average molecular weight is 488 g/mol. The van der Waals surface area contributed by atoms with E-state index in [1.165, 1.54) is 4.68 Å². The predicted molar refractivity (Wildman–Crippen MR) is 127 cm³/mol. The summed E-state index contributed by atoms with van der Waals surface area (Å²) in [5.41, 5.74) is 7.03. The first-order valence-corrected chi connectivity index (χ1v) is 12.4. The van der Waals surface area contributed by atoms with Crippen LogP contribution < -0.4 is 15.8 Å². The molecule has 4 N–H and O–H groups in total. The lowest BCUT2D eigenvalue weighted by Crippen LogP contribution is -2.51. The number of carbonyl (C=O) groups is 1. The molecule has 11 nitrogen and oxygen atoms in total. The van der Waals surface area contributed by atoms with E-state index in [2.05, 4.69) is 25.6 Å². The molecule has 1 unspecified atom stereocenters.